The normalized spacial score (nSPS) is 30.1. The van der Waals surface area contributed by atoms with Gasteiger partial charge in [-0.2, -0.15) is 3.89 Å². The van der Waals surface area contributed by atoms with Gasteiger partial charge in [0.25, 0.3) is 0 Å². The van der Waals surface area contributed by atoms with Gasteiger partial charge in [-0.05, 0) is 44.6 Å². The van der Waals surface area contributed by atoms with E-state index in [1.165, 1.54) is 0 Å². The summed E-state index contributed by atoms with van der Waals surface area (Å²) < 4.78 is 17.4. The molecule has 94 valence electrons. The Morgan fingerprint density at radius 1 is 1.56 bits per heavy atom. The summed E-state index contributed by atoms with van der Waals surface area (Å²) in [5.41, 5.74) is 5.61. The Bertz CT molecular complexity index is 230. The van der Waals surface area contributed by atoms with Crippen LogP contribution in [0, 0.1) is 5.41 Å². The Morgan fingerprint density at radius 3 is 2.62 bits per heavy atom. The minimum atomic E-state index is -0.181. The molecular formula is C11H20FNO2S. The molecule has 1 fully saturated rings. The Hall–Kier alpha value is -0.290. The maximum Gasteiger partial charge on any atom is 0.306 e. The van der Waals surface area contributed by atoms with E-state index in [0.717, 1.165) is 25.7 Å². The van der Waals surface area contributed by atoms with Crippen LogP contribution in [0.2, 0.25) is 0 Å². The van der Waals surface area contributed by atoms with Crippen molar-refractivity contribution in [3.8, 4) is 0 Å². The van der Waals surface area contributed by atoms with Crippen molar-refractivity contribution in [1.29, 1.82) is 0 Å². The van der Waals surface area contributed by atoms with Gasteiger partial charge in [-0.25, -0.2) is 0 Å². The second kappa shape index (κ2) is 6.45. The van der Waals surface area contributed by atoms with Gasteiger partial charge in [0, 0.05) is 17.4 Å². The highest BCUT2D eigenvalue weighted by molar-refractivity contribution is 7.94. The van der Waals surface area contributed by atoms with Crippen LogP contribution in [0.4, 0.5) is 3.89 Å². The molecule has 1 aliphatic rings. The van der Waals surface area contributed by atoms with Crippen molar-refractivity contribution in [2.45, 2.75) is 44.3 Å². The molecule has 0 atom stereocenters. The number of halogens is 1. The molecule has 0 unspecified atom stereocenters. The highest BCUT2D eigenvalue weighted by Gasteiger charge is 2.36. The van der Waals surface area contributed by atoms with Gasteiger partial charge in [0.2, 0.25) is 0 Å². The zero-order chi connectivity index (χ0) is 12.0. The lowest BCUT2D eigenvalue weighted by molar-refractivity contribution is -0.146. The molecule has 1 saturated carbocycles. The Kier molecular flexibility index (Phi) is 5.55. The molecule has 0 bridgehead atoms. The van der Waals surface area contributed by atoms with Crippen molar-refractivity contribution in [1.82, 2.24) is 0 Å². The number of carbonyl (C=O) groups excluding carboxylic acids is 1. The Balaban J connectivity index is 2.49. The lowest BCUT2D eigenvalue weighted by Crippen LogP contribution is -2.37. The molecule has 0 aromatic carbocycles. The second-order valence-corrected chi connectivity index (χ2v) is 5.32. The van der Waals surface area contributed by atoms with Crippen molar-refractivity contribution in [2.75, 3.05) is 13.2 Å². The number of esters is 1. The minimum Gasteiger partial charge on any atom is -0.466 e. The lowest BCUT2D eigenvalue weighted by atomic mass is 9.72. The number of rotatable bonds is 5. The Labute approximate surface area is 101 Å². The predicted octanol–water partition coefficient (Wildman–Crippen LogP) is 2.45. The van der Waals surface area contributed by atoms with Crippen LogP contribution in [0.15, 0.2) is 0 Å². The van der Waals surface area contributed by atoms with Gasteiger partial charge in [0.05, 0.1) is 13.0 Å². The van der Waals surface area contributed by atoms with Gasteiger partial charge in [0.15, 0.2) is 0 Å². The third kappa shape index (κ3) is 3.63. The van der Waals surface area contributed by atoms with Crippen molar-refractivity contribution in [3.05, 3.63) is 0 Å². The van der Waals surface area contributed by atoms with Crippen LogP contribution < -0.4 is 5.73 Å². The first kappa shape index (κ1) is 13.8. The molecule has 0 aromatic rings. The summed E-state index contributed by atoms with van der Waals surface area (Å²) in [5, 5.41) is 0.0851. The van der Waals surface area contributed by atoms with Crippen molar-refractivity contribution < 1.29 is 13.4 Å². The number of carbonyl (C=O) groups is 1. The highest BCUT2D eigenvalue weighted by Crippen LogP contribution is 2.42. The van der Waals surface area contributed by atoms with Gasteiger partial charge in [-0.3, -0.25) is 4.79 Å². The molecule has 0 saturated heterocycles. The Morgan fingerprint density at radius 2 is 2.19 bits per heavy atom. The van der Waals surface area contributed by atoms with Crippen LogP contribution in [0.5, 0.6) is 0 Å². The average molecular weight is 249 g/mol. The van der Waals surface area contributed by atoms with Gasteiger partial charge in [0.1, 0.15) is 0 Å². The quantitative estimate of drug-likeness (QED) is 0.760. The number of nitrogens with two attached hydrogens (primary N) is 1. The second-order valence-electron chi connectivity index (χ2n) is 4.47. The van der Waals surface area contributed by atoms with Crippen LogP contribution in [0.25, 0.3) is 0 Å². The predicted molar refractivity (Wildman–Crippen MR) is 63.7 cm³/mol. The largest absolute Gasteiger partial charge is 0.466 e. The lowest BCUT2D eigenvalue weighted by Gasteiger charge is -2.37. The third-order valence-electron chi connectivity index (χ3n) is 3.38. The monoisotopic (exact) mass is 249 g/mol. The van der Waals surface area contributed by atoms with Crippen LogP contribution in [0.3, 0.4) is 0 Å². The number of ether oxygens (including phenoxy) is 1. The summed E-state index contributed by atoms with van der Waals surface area (Å²) in [4.78, 5) is 11.5. The maximum absolute atomic E-state index is 12.4. The average Bonchev–Trinajstić information content (AvgIpc) is 2.30. The molecule has 5 heteroatoms. The van der Waals surface area contributed by atoms with E-state index in [9.17, 15) is 8.68 Å². The standard InChI is InChI=1S/C11H20FNO2S/c1-2-15-10(14)7-11(8-13)5-3-9(16-12)4-6-11/h9H,2-8,13H2,1H3. The van der Waals surface area contributed by atoms with Gasteiger partial charge >= 0.3 is 5.97 Å². The zero-order valence-electron chi connectivity index (χ0n) is 9.71. The molecule has 0 spiro atoms. The molecule has 0 radical (unpaired) electrons. The van der Waals surface area contributed by atoms with Crippen LogP contribution in [0.1, 0.15) is 39.0 Å². The smallest absolute Gasteiger partial charge is 0.306 e. The first-order valence-corrected chi connectivity index (χ1v) is 6.57. The topological polar surface area (TPSA) is 52.3 Å². The van der Waals surface area contributed by atoms with Crippen LogP contribution >= 0.6 is 12.1 Å². The van der Waals surface area contributed by atoms with E-state index in [0.29, 0.717) is 31.7 Å². The molecule has 2 N–H and O–H groups in total. The van der Waals surface area contributed by atoms with Crippen LogP contribution in [-0.2, 0) is 9.53 Å². The summed E-state index contributed by atoms with van der Waals surface area (Å²) in [6.07, 6.45) is 3.63. The molecule has 1 rings (SSSR count). The van der Waals surface area contributed by atoms with E-state index in [2.05, 4.69) is 0 Å². The summed E-state index contributed by atoms with van der Waals surface area (Å²) in [5.74, 6) is -0.181. The summed E-state index contributed by atoms with van der Waals surface area (Å²) in [7, 11) is 0. The first-order chi connectivity index (χ1) is 7.65. The van der Waals surface area contributed by atoms with Crippen molar-refractivity contribution in [3.63, 3.8) is 0 Å². The summed E-state index contributed by atoms with van der Waals surface area (Å²) >= 11 is 0.429. The van der Waals surface area contributed by atoms with E-state index in [4.69, 9.17) is 10.5 Å². The van der Waals surface area contributed by atoms with Crippen LogP contribution in [-0.4, -0.2) is 24.4 Å². The fourth-order valence-electron chi connectivity index (χ4n) is 2.26. The van der Waals surface area contributed by atoms with E-state index in [1.54, 1.807) is 6.92 Å². The molecule has 0 amide bonds. The molecule has 0 aromatic heterocycles. The minimum absolute atomic E-state index is 0.0851. The maximum atomic E-state index is 12.4. The van der Waals surface area contributed by atoms with E-state index >= 15 is 0 Å². The highest BCUT2D eigenvalue weighted by atomic mass is 32.2. The molecule has 3 nitrogen and oxygen atoms in total. The number of hydrogen-bond donors (Lipinski definition) is 1. The SMILES string of the molecule is CCOC(=O)CC1(CN)CCC(SF)CC1. The molecule has 1 aliphatic carbocycles. The first-order valence-electron chi connectivity index (χ1n) is 5.79. The van der Waals surface area contributed by atoms with Gasteiger partial charge in [-0.1, -0.05) is 0 Å². The van der Waals surface area contributed by atoms with Crippen molar-refractivity contribution in [2.24, 2.45) is 11.1 Å². The molecule has 16 heavy (non-hydrogen) atoms. The van der Waals surface area contributed by atoms with E-state index < -0.39 is 0 Å². The summed E-state index contributed by atoms with van der Waals surface area (Å²) in [6.45, 7) is 2.68. The molecule has 0 heterocycles. The van der Waals surface area contributed by atoms with E-state index in [1.807, 2.05) is 0 Å². The van der Waals surface area contributed by atoms with Crippen molar-refractivity contribution >= 4 is 18.1 Å². The molecular weight excluding hydrogens is 229 g/mol. The summed E-state index contributed by atoms with van der Waals surface area (Å²) in [6, 6.07) is 0. The number of hydrogen-bond acceptors (Lipinski definition) is 4. The van der Waals surface area contributed by atoms with Gasteiger partial charge < -0.3 is 10.5 Å². The van der Waals surface area contributed by atoms with Gasteiger partial charge in [-0.15, -0.1) is 0 Å². The zero-order valence-corrected chi connectivity index (χ0v) is 10.5. The molecule has 0 aliphatic heterocycles. The van der Waals surface area contributed by atoms with E-state index in [-0.39, 0.29) is 16.6 Å². The third-order valence-corrected chi connectivity index (χ3v) is 4.10. The fourth-order valence-corrected chi connectivity index (χ4v) is 2.68. The fraction of sp³-hybridized carbons (Fsp3) is 0.909.